The van der Waals surface area contributed by atoms with Gasteiger partial charge in [-0.15, -0.1) is 0 Å². The van der Waals surface area contributed by atoms with Crippen LogP contribution in [0.15, 0.2) is 0 Å². The molecule has 0 heterocycles. The highest BCUT2D eigenvalue weighted by atomic mass is 16.5. The second kappa shape index (κ2) is 6.57. The van der Waals surface area contributed by atoms with Crippen molar-refractivity contribution in [2.45, 2.75) is 39.2 Å². The van der Waals surface area contributed by atoms with Gasteiger partial charge in [0, 0.05) is 13.0 Å². The second-order valence-electron chi connectivity index (χ2n) is 2.32. The Morgan fingerprint density at radius 2 is 2.30 bits per heavy atom. The van der Waals surface area contributed by atoms with Gasteiger partial charge in [-0.25, -0.2) is 0 Å². The van der Waals surface area contributed by atoms with Gasteiger partial charge in [-0.2, -0.15) is 5.26 Å². The van der Waals surface area contributed by atoms with Crippen molar-refractivity contribution in [1.82, 2.24) is 0 Å². The molecule has 0 aliphatic heterocycles. The summed E-state index contributed by atoms with van der Waals surface area (Å²) in [6.45, 7) is 4.80. The summed E-state index contributed by atoms with van der Waals surface area (Å²) in [5, 5.41) is 8.22. The van der Waals surface area contributed by atoms with E-state index in [0.717, 1.165) is 19.4 Å². The lowest BCUT2D eigenvalue weighted by molar-refractivity contribution is 0.0692. The van der Waals surface area contributed by atoms with Crippen LogP contribution in [0.5, 0.6) is 0 Å². The van der Waals surface area contributed by atoms with Crippen molar-refractivity contribution >= 4 is 0 Å². The molecule has 0 aromatic heterocycles. The summed E-state index contributed by atoms with van der Waals surface area (Å²) in [6, 6.07) is 2.11. The van der Waals surface area contributed by atoms with Gasteiger partial charge in [0.15, 0.2) is 0 Å². The van der Waals surface area contributed by atoms with Gasteiger partial charge < -0.3 is 4.74 Å². The molecule has 0 fully saturated rings. The number of nitriles is 1. The van der Waals surface area contributed by atoms with Crippen molar-refractivity contribution in [3.63, 3.8) is 0 Å². The zero-order valence-corrected chi connectivity index (χ0v) is 6.76. The summed E-state index contributed by atoms with van der Waals surface area (Å²) < 4.78 is 5.28. The van der Waals surface area contributed by atoms with E-state index in [2.05, 4.69) is 6.07 Å². The molecule has 0 aliphatic carbocycles. The van der Waals surface area contributed by atoms with Crippen LogP contribution in [-0.4, -0.2) is 12.7 Å². The Morgan fingerprint density at radius 1 is 1.60 bits per heavy atom. The van der Waals surface area contributed by atoms with Crippen molar-refractivity contribution in [1.29, 1.82) is 5.26 Å². The molecule has 58 valence electrons. The lowest BCUT2D eigenvalue weighted by Gasteiger charge is -2.08. The van der Waals surface area contributed by atoms with Crippen LogP contribution in [0.1, 0.15) is 33.1 Å². The summed E-state index contributed by atoms with van der Waals surface area (Å²) in [6.07, 6.45) is 2.93. The third-order valence-corrected chi connectivity index (χ3v) is 1.35. The van der Waals surface area contributed by atoms with E-state index in [-0.39, 0.29) is 0 Å². The van der Waals surface area contributed by atoms with Gasteiger partial charge in [0.05, 0.1) is 12.2 Å². The fourth-order valence-electron chi connectivity index (χ4n) is 0.836. The molecule has 1 unspecified atom stereocenters. The van der Waals surface area contributed by atoms with Crippen LogP contribution >= 0.6 is 0 Å². The van der Waals surface area contributed by atoms with Gasteiger partial charge >= 0.3 is 0 Å². The molecule has 1 atom stereocenters. The highest BCUT2D eigenvalue weighted by Crippen LogP contribution is 2.02. The molecule has 0 saturated heterocycles. The molecule has 10 heavy (non-hydrogen) atoms. The zero-order valence-electron chi connectivity index (χ0n) is 6.76. The van der Waals surface area contributed by atoms with Crippen molar-refractivity contribution in [3.8, 4) is 6.07 Å². The first kappa shape index (κ1) is 9.45. The van der Waals surface area contributed by atoms with E-state index in [0.29, 0.717) is 12.5 Å². The summed E-state index contributed by atoms with van der Waals surface area (Å²) in [7, 11) is 0. The maximum absolute atomic E-state index is 8.22. The third kappa shape index (κ3) is 5.58. The number of nitrogens with zero attached hydrogens (tertiary/aromatic N) is 1. The molecular weight excluding hydrogens is 126 g/mol. The molecule has 0 amide bonds. The number of unbranched alkanes of at least 4 members (excludes halogenated alkanes) is 1. The minimum atomic E-state index is 0.318. The van der Waals surface area contributed by atoms with Gasteiger partial charge in [-0.05, 0) is 26.7 Å². The predicted molar refractivity (Wildman–Crippen MR) is 40.6 cm³/mol. The topological polar surface area (TPSA) is 33.0 Å². The van der Waals surface area contributed by atoms with Gasteiger partial charge in [0.1, 0.15) is 0 Å². The van der Waals surface area contributed by atoms with E-state index in [1.165, 1.54) is 0 Å². The lowest BCUT2D eigenvalue weighted by Crippen LogP contribution is -2.06. The molecule has 2 heteroatoms. The van der Waals surface area contributed by atoms with Gasteiger partial charge in [-0.1, -0.05) is 0 Å². The molecule has 0 rings (SSSR count). The van der Waals surface area contributed by atoms with Crippen molar-refractivity contribution in [2.24, 2.45) is 0 Å². The molecular formula is C8H15NO. The first-order valence-corrected chi connectivity index (χ1v) is 3.79. The third-order valence-electron chi connectivity index (χ3n) is 1.35. The van der Waals surface area contributed by atoms with Crippen LogP contribution in [-0.2, 0) is 4.74 Å². The Hall–Kier alpha value is -0.550. The molecule has 0 N–H and O–H groups in total. The maximum atomic E-state index is 8.22. The van der Waals surface area contributed by atoms with Crippen LogP contribution in [0.25, 0.3) is 0 Å². The molecule has 0 bridgehead atoms. The first-order valence-electron chi connectivity index (χ1n) is 3.79. The SMILES string of the molecule is CCOC(C)CCCC#N. The molecule has 0 aromatic carbocycles. The van der Waals surface area contributed by atoms with E-state index < -0.39 is 0 Å². The number of rotatable bonds is 5. The predicted octanol–water partition coefficient (Wildman–Crippen LogP) is 2.11. The van der Waals surface area contributed by atoms with Crippen LogP contribution < -0.4 is 0 Å². The highest BCUT2D eigenvalue weighted by Gasteiger charge is 1.98. The molecule has 0 saturated carbocycles. The van der Waals surface area contributed by atoms with Crippen LogP contribution in [0.4, 0.5) is 0 Å². The van der Waals surface area contributed by atoms with E-state index in [1.807, 2.05) is 13.8 Å². The van der Waals surface area contributed by atoms with Crippen molar-refractivity contribution in [2.75, 3.05) is 6.61 Å². The van der Waals surface area contributed by atoms with Gasteiger partial charge in [0.25, 0.3) is 0 Å². The Labute approximate surface area is 62.8 Å². The Bertz CT molecular complexity index is 106. The Kier molecular flexibility index (Phi) is 6.21. The van der Waals surface area contributed by atoms with Crippen LogP contribution in [0.3, 0.4) is 0 Å². The normalized spacial score (nSPS) is 12.5. The summed E-state index contributed by atoms with van der Waals surface area (Å²) in [5.41, 5.74) is 0. The van der Waals surface area contributed by atoms with E-state index in [4.69, 9.17) is 10.00 Å². The Morgan fingerprint density at radius 3 is 2.80 bits per heavy atom. The molecule has 0 radical (unpaired) electrons. The molecule has 2 nitrogen and oxygen atoms in total. The number of hydrogen-bond acceptors (Lipinski definition) is 2. The first-order chi connectivity index (χ1) is 4.81. The van der Waals surface area contributed by atoms with Crippen LogP contribution in [0, 0.1) is 11.3 Å². The molecule has 0 aromatic rings. The standard InChI is InChI=1S/C8H15NO/c1-3-10-8(2)6-4-5-7-9/h8H,3-6H2,1-2H3. The summed E-state index contributed by atoms with van der Waals surface area (Å²) >= 11 is 0. The monoisotopic (exact) mass is 141 g/mol. The lowest BCUT2D eigenvalue weighted by atomic mass is 10.2. The van der Waals surface area contributed by atoms with E-state index in [1.54, 1.807) is 0 Å². The number of hydrogen-bond donors (Lipinski definition) is 0. The van der Waals surface area contributed by atoms with Crippen molar-refractivity contribution in [3.05, 3.63) is 0 Å². The molecule has 0 spiro atoms. The second-order valence-corrected chi connectivity index (χ2v) is 2.32. The average molecular weight is 141 g/mol. The van der Waals surface area contributed by atoms with E-state index >= 15 is 0 Å². The average Bonchev–Trinajstić information content (AvgIpc) is 1.89. The van der Waals surface area contributed by atoms with Crippen LogP contribution in [0.2, 0.25) is 0 Å². The largest absolute Gasteiger partial charge is 0.379 e. The summed E-state index contributed by atoms with van der Waals surface area (Å²) in [4.78, 5) is 0. The smallest absolute Gasteiger partial charge is 0.0621 e. The van der Waals surface area contributed by atoms with Crippen molar-refractivity contribution < 1.29 is 4.74 Å². The fourth-order valence-corrected chi connectivity index (χ4v) is 0.836. The Balaban J connectivity index is 3.06. The highest BCUT2D eigenvalue weighted by molar-refractivity contribution is 4.68. The van der Waals surface area contributed by atoms with E-state index in [9.17, 15) is 0 Å². The minimum absolute atomic E-state index is 0.318. The van der Waals surface area contributed by atoms with Gasteiger partial charge in [0.2, 0.25) is 0 Å². The quantitative estimate of drug-likeness (QED) is 0.549. The summed E-state index contributed by atoms with van der Waals surface area (Å²) in [5.74, 6) is 0. The van der Waals surface area contributed by atoms with Gasteiger partial charge in [-0.3, -0.25) is 0 Å². The minimum Gasteiger partial charge on any atom is -0.379 e. The fraction of sp³-hybridized carbons (Fsp3) is 0.875. The number of ether oxygens (including phenoxy) is 1. The zero-order chi connectivity index (χ0) is 7.82. The maximum Gasteiger partial charge on any atom is 0.0621 e. The molecule has 0 aliphatic rings.